The summed E-state index contributed by atoms with van der Waals surface area (Å²) in [4.78, 5) is 0. The predicted molar refractivity (Wildman–Crippen MR) is 49.2 cm³/mol. The topological polar surface area (TPSA) is 35.5 Å². The van der Waals surface area contributed by atoms with Crippen LogP contribution in [-0.2, 0) is 14.0 Å². The quantitative estimate of drug-likeness (QED) is 0.625. The third kappa shape index (κ3) is 3.26. The van der Waals surface area contributed by atoms with Gasteiger partial charge in [0.05, 0.1) is 19.9 Å². The van der Waals surface area contributed by atoms with Crippen molar-refractivity contribution in [3.8, 4) is 0 Å². The molecule has 0 aromatic carbocycles. The van der Waals surface area contributed by atoms with Gasteiger partial charge in [-0.25, -0.2) is 0 Å². The first-order chi connectivity index (χ1) is 5.29. The van der Waals surface area contributed by atoms with Gasteiger partial charge in [0, 0.05) is 6.16 Å². The van der Waals surface area contributed by atoms with Gasteiger partial charge in [-0.3, -0.25) is 0 Å². The van der Waals surface area contributed by atoms with Crippen LogP contribution in [0.25, 0.3) is 0 Å². The molecule has 12 heavy (non-hydrogen) atoms. The van der Waals surface area contributed by atoms with Gasteiger partial charge in [-0.2, -0.15) is 0 Å². The number of hydrogen-bond donors (Lipinski definition) is 0. The average Bonchev–Trinajstić information content (AvgIpc) is 2.05. The summed E-state index contributed by atoms with van der Waals surface area (Å²) in [5.74, 6) is -0.486. The largest absolute Gasteiger partial charge is 0.348 e. The van der Waals surface area contributed by atoms with Crippen LogP contribution < -0.4 is 0 Å². The second-order valence-electron chi connectivity index (χ2n) is 4.21. The van der Waals surface area contributed by atoms with E-state index in [0.717, 1.165) is 0 Å². The molecule has 1 fully saturated rings. The molecule has 0 N–H and O–H groups in total. The standard InChI is InChI=1S/C8H17O3P/c1-8(2)10-5-7(11-8)6-12(3,4)9/h7H,5-6H2,1-4H3. The summed E-state index contributed by atoms with van der Waals surface area (Å²) in [6.07, 6.45) is 0.636. The lowest BCUT2D eigenvalue weighted by molar-refractivity contribution is -0.135. The molecule has 0 aromatic rings. The molecule has 0 bridgehead atoms. The highest BCUT2D eigenvalue weighted by molar-refractivity contribution is 7.62. The smallest absolute Gasteiger partial charge is 0.163 e. The Bertz CT molecular complexity index is 206. The van der Waals surface area contributed by atoms with Gasteiger partial charge in [0.1, 0.15) is 0 Å². The van der Waals surface area contributed by atoms with Crippen LogP contribution in [0.2, 0.25) is 0 Å². The van der Waals surface area contributed by atoms with Crippen molar-refractivity contribution in [2.75, 3.05) is 26.1 Å². The van der Waals surface area contributed by atoms with Crippen LogP contribution >= 0.6 is 7.14 Å². The Kier molecular flexibility index (Phi) is 2.67. The summed E-state index contributed by atoms with van der Waals surface area (Å²) in [6, 6.07) is 0. The van der Waals surface area contributed by atoms with Crippen LogP contribution in [0.4, 0.5) is 0 Å². The lowest BCUT2D eigenvalue weighted by Crippen LogP contribution is -2.23. The maximum atomic E-state index is 11.4. The molecule has 3 nitrogen and oxygen atoms in total. The fourth-order valence-electron chi connectivity index (χ4n) is 1.34. The van der Waals surface area contributed by atoms with E-state index in [1.54, 1.807) is 13.3 Å². The van der Waals surface area contributed by atoms with E-state index in [0.29, 0.717) is 12.8 Å². The van der Waals surface area contributed by atoms with Gasteiger partial charge in [0.2, 0.25) is 0 Å². The normalized spacial score (nSPS) is 29.2. The molecule has 0 aromatic heterocycles. The molecule has 1 heterocycles. The molecule has 0 amide bonds. The Morgan fingerprint density at radius 2 is 2.08 bits per heavy atom. The molecule has 1 atom stereocenters. The molecule has 0 spiro atoms. The molecule has 0 radical (unpaired) electrons. The summed E-state index contributed by atoms with van der Waals surface area (Å²) in [5, 5.41) is 0. The molecule has 1 aliphatic rings. The minimum atomic E-state index is -1.98. The van der Waals surface area contributed by atoms with Gasteiger partial charge in [-0.05, 0) is 27.2 Å². The van der Waals surface area contributed by atoms with Crippen molar-refractivity contribution < 1.29 is 14.0 Å². The van der Waals surface area contributed by atoms with E-state index in [2.05, 4.69) is 0 Å². The Balaban J connectivity index is 2.44. The SMILES string of the molecule is CC1(C)OCC(CP(C)(C)=O)O1. The van der Waals surface area contributed by atoms with Gasteiger partial charge in [0.25, 0.3) is 0 Å². The third-order valence-corrected chi connectivity index (χ3v) is 3.00. The molecular formula is C8H17O3P. The van der Waals surface area contributed by atoms with E-state index in [-0.39, 0.29) is 6.10 Å². The monoisotopic (exact) mass is 192 g/mol. The van der Waals surface area contributed by atoms with Crippen LogP contribution in [0, 0.1) is 0 Å². The first kappa shape index (κ1) is 10.2. The zero-order chi connectivity index (χ0) is 9.41. The van der Waals surface area contributed by atoms with Crippen molar-refractivity contribution in [1.82, 2.24) is 0 Å². The molecular weight excluding hydrogens is 175 g/mol. The van der Waals surface area contributed by atoms with Gasteiger partial charge < -0.3 is 14.0 Å². The zero-order valence-corrected chi connectivity index (χ0v) is 9.06. The minimum Gasteiger partial charge on any atom is -0.348 e. The van der Waals surface area contributed by atoms with E-state index < -0.39 is 12.9 Å². The molecule has 1 saturated heterocycles. The number of hydrogen-bond acceptors (Lipinski definition) is 3. The first-order valence-corrected chi connectivity index (χ1v) is 6.93. The molecule has 72 valence electrons. The second-order valence-corrected chi connectivity index (χ2v) is 7.72. The lowest BCUT2D eigenvalue weighted by atomic mass is 10.4. The predicted octanol–water partition coefficient (Wildman–Crippen LogP) is 1.76. The number of rotatable bonds is 2. The highest BCUT2D eigenvalue weighted by atomic mass is 31.2. The van der Waals surface area contributed by atoms with Crippen molar-refractivity contribution in [3.63, 3.8) is 0 Å². The van der Waals surface area contributed by atoms with Crippen molar-refractivity contribution in [1.29, 1.82) is 0 Å². The Morgan fingerprint density at radius 3 is 2.42 bits per heavy atom. The van der Waals surface area contributed by atoms with Crippen LogP contribution in [0.1, 0.15) is 13.8 Å². The fraction of sp³-hybridized carbons (Fsp3) is 1.00. The highest BCUT2D eigenvalue weighted by Crippen LogP contribution is 2.39. The summed E-state index contributed by atoms with van der Waals surface area (Å²) in [7, 11) is -1.98. The van der Waals surface area contributed by atoms with E-state index in [1.807, 2.05) is 13.8 Å². The van der Waals surface area contributed by atoms with E-state index in [1.165, 1.54) is 0 Å². The molecule has 0 saturated carbocycles. The van der Waals surface area contributed by atoms with Crippen molar-refractivity contribution >= 4 is 7.14 Å². The van der Waals surface area contributed by atoms with Gasteiger partial charge in [0.15, 0.2) is 5.79 Å². The first-order valence-electron chi connectivity index (χ1n) is 4.14. The van der Waals surface area contributed by atoms with Gasteiger partial charge in [-0.15, -0.1) is 0 Å². The molecule has 4 heteroatoms. The number of ether oxygens (including phenoxy) is 2. The fourth-order valence-corrected chi connectivity index (χ4v) is 2.50. The van der Waals surface area contributed by atoms with Crippen LogP contribution in [0.15, 0.2) is 0 Å². The summed E-state index contributed by atoms with van der Waals surface area (Å²) >= 11 is 0. The van der Waals surface area contributed by atoms with Crippen molar-refractivity contribution in [3.05, 3.63) is 0 Å². The minimum absolute atomic E-state index is 0.0147. The lowest BCUT2D eigenvalue weighted by Gasteiger charge is -2.17. The van der Waals surface area contributed by atoms with Crippen molar-refractivity contribution in [2.45, 2.75) is 25.7 Å². The third-order valence-electron chi connectivity index (χ3n) is 1.71. The highest BCUT2D eigenvalue weighted by Gasteiger charge is 2.34. The molecule has 1 unspecified atom stereocenters. The van der Waals surface area contributed by atoms with E-state index >= 15 is 0 Å². The maximum absolute atomic E-state index is 11.4. The molecule has 1 rings (SSSR count). The van der Waals surface area contributed by atoms with Crippen LogP contribution in [0.5, 0.6) is 0 Å². The van der Waals surface area contributed by atoms with E-state index in [9.17, 15) is 4.57 Å². The maximum Gasteiger partial charge on any atom is 0.163 e. The van der Waals surface area contributed by atoms with E-state index in [4.69, 9.17) is 9.47 Å². The summed E-state index contributed by atoms with van der Waals surface area (Å²) in [5.41, 5.74) is 0. The van der Waals surface area contributed by atoms with Crippen LogP contribution in [-0.4, -0.2) is 38.0 Å². The van der Waals surface area contributed by atoms with Crippen molar-refractivity contribution in [2.24, 2.45) is 0 Å². The van der Waals surface area contributed by atoms with Gasteiger partial charge in [-0.1, -0.05) is 0 Å². The van der Waals surface area contributed by atoms with Crippen LogP contribution in [0.3, 0.4) is 0 Å². The Labute approximate surface area is 73.8 Å². The Hall–Kier alpha value is 0.150. The van der Waals surface area contributed by atoms with Gasteiger partial charge >= 0.3 is 0 Å². The summed E-state index contributed by atoms with van der Waals surface area (Å²) < 4.78 is 22.3. The zero-order valence-electron chi connectivity index (χ0n) is 8.16. The second kappa shape index (κ2) is 3.13. The Morgan fingerprint density at radius 1 is 1.50 bits per heavy atom. The molecule has 0 aliphatic carbocycles. The summed E-state index contributed by atoms with van der Waals surface area (Å²) in [6.45, 7) is 7.88. The molecule has 1 aliphatic heterocycles. The average molecular weight is 192 g/mol.